The number of hydrazone groups is 2. The van der Waals surface area contributed by atoms with E-state index >= 15 is 0 Å². The van der Waals surface area contributed by atoms with Crippen molar-refractivity contribution in [1.82, 2.24) is 10.9 Å². The number of hydrogen-bond donors (Lipinski definition) is 2. The normalized spacial score (nSPS) is 36.6. The van der Waals surface area contributed by atoms with Crippen LogP contribution in [0.4, 0.5) is 0 Å². The number of amides is 2. The molecule has 6 nitrogen and oxygen atoms in total. The molecule has 0 saturated heterocycles. The van der Waals surface area contributed by atoms with Gasteiger partial charge in [-0.25, -0.2) is 10.9 Å². The second-order valence-corrected chi connectivity index (χ2v) is 8.01. The summed E-state index contributed by atoms with van der Waals surface area (Å²) < 4.78 is 0. The summed E-state index contributed by atoms with van der Waals surface area (Å²) in [5.74, 6) is 2.92. The average molecular weight is 354 g/mol. The predicted molar refractivity (Wildman–Crippen MR) is 100 cm³/mol. The number of nitrogens with one attached hydrogen (secondary N) is 2. The fourth-order valence-corrected chi connectivity index (χ4v) is 4.74. The summed E-state index contributed by atoms with van der Waals surface area (Å²) in [5, 5.41) is 8.12. The predicted octanol–water partition coefficient (Wildman–Crippen LogP) is 2.40. The highest BCUT2D eigenvalue weighted by molar-refractivity contribution is 5.84. The van der Waals surface area contributed by atoms with Crippen LogP contribution in [0.3, 0.4) is 0 Å². The van der Waals surface area contributed by atoms with Gasteiger partial charge in [-0.1, -0.05) is 24.3 Å². The Morgan fingerprint density at radius 1 is 0.769 bits per heavy atom. The zero-order valence-electron chi connectivity index (χ0n) is 14.9. The molecular weight excluding hydrogens is 328 g/mol. The minimum atomic E-state index is -0.239. The maximum atomic E-state index is 11.8. The Hall–Kier alpha value is -2.24. The summed E-state index contributed by atoms with van der Waals surface area (Å²) in [6, 6.07) is 0. The third-order valence-corrected chi connectivity index (χ3v) is 6.15. The Morgan fingerprint density at radius 2 is 1.23 bits per heavy atom. The minimum Gasteiger partial charge on any atom is -0.273 e. The number of fused-ring (bicyclic) bond motifs is 4. The first-order valence-corrected chi connectivity index (χ1v) is 9.68. The molecule has 138 valence electrons. The van der Waals surface area contributed by atoms with E-state index in [1.807, 2.05) is 12.4 Å². The van der Waals surface area contributed by atoms with Crippen LogP contribution in [0.1, 0.15) is 38.5 Å². The third-order valence-electron chi connectivity index (χ3n) is 6.15. The monoisotopic (exact) mass is 354 g/mol. The van der Waals surface area contributed by atoms with Gasteiger partial charge >= 0.3 is 0 Å². The van der Waals surface area contributed by atoms with Gasteiger partial charge in [0.15, 0.2) is 0 Å². The lowest BCUT2D eigenvalue weighted by Crippen LogP contribution is -2.24. The zero-order chi connectivity index (χ0) is 17.9. The number of rotatable bonds is 7. The molecule has 2 saturated carbocycles. The maximum Gasteiger partial charge on any atom is 0.240 e. The Labute approximate surface area is 153 Å². The molecule has 2 fully saturated rings. The largest absolute Gasteiger partial charge is 0.273 e. The molecule has 0 heterocycles. The molecular formula is C20H26N4O2. The van der Waals surface area contributed by atoms with Crippen molar-refractivity contribution < 1.29 is 9.59 Å². The fraction of sp³-hybridized carbons (Fsp3) is 0.600. The molecule has 0 aliphatic heterocycles. The second-order valence-electron chi connectivity index (χ2n) is 8.01. The molecule has 4 aliphatic carbocycles. The van der Waals surface area contributed by atoms with Crippen LogP contribution in [0.15, 0.2) is 34.5 Å². The van der Waals surface area contributed by atoms with Gasteiger partial charge in [0.1, 0.15) is 0 Å². The number of hydrogen-bond acceptors (Lipinski definition) is 4. The number of allylic oxidation sites excluding steroid dienone is 4. The van der Waals surface area contributed by atoms with Crippen molar-refractivity contribution >= 4 is 24.2 Å². The van der Waals surface area contributed by atoms with Crippen molar-refractivity contribution in [1.29, 1.82) is 0 Å². The highest BCUT2D eigenvalue weighted by Gasteiger charge is 2.35. The highest BCUT2D eigenvalue weighted by atomic mass is 16.2. The number of carbonyl (C=O) groups excluding carboxylic acids is 2. The van der Waals surface area contributed by atoms with Crippen LogP contribution in [0.2, 0.25) is 0 Å². The van der Waals surface area contributed by atoms with Crippen LogP contribution < -0.4 is 10.9 Å². The van der Waals surface area contributed by atoms with E-state index in [4.69, 9.17) is 0 Å². The fourth-order valence-electron chi connectivity index (χ4n) is 4.74. The minimum absolute atomic E-state index is 0.117. The van der Waals surface area contributed by atoms with E-state index in [0.29, 0.717) is 35.5 Å². The molecule has 0 aromatic heterocycles. The van der Waals surface area contributed by atoms with Gasteiger partial charge < -0.3 is 0 Å². The van der Waals surface area contributed by atoms with E-state index in [1.165, 1.54) is 12.8 Å². The van der Waals surface area contributed by atoms with Crippen LogP contribution >= 0.6 is 0 Å². The van der Waals surface area contributed by atoms with Crippen molar-refractivity contribution in [2.24, 2.45) is 45.7 Å². The van der Waals surface area contributed by atoms with Crippen molar-refractivity contribution in [3.63, 3.8) is 0 Å². The first-order chi connectivity index (χ1) is 12.7. The highest BCUT2D eigenvalue weighted by Crippen LogP contribution is 2.43. The summed E-state index contributed by atoms with van der Waals surface area (Å²) >= 11 is 0. The molecule has 4 rings (SSSR count). The molecule has 4 bridgehead atoms. The molecule has 4 aliphatic rings. The van der Waals surface area contributed by atoms with Gasteiger partial charge in [0.05, 0.1) is 0 Å². The van der Waals surface area contributed by atoms with Crippen molar-refractivity contribution in [3.8, 4) is 0 Å². The molecule has 0 radical (unpaired) electrons. The van der Waals surface area contributed by atoms with Crippen molar-refractivity contribution in [2.45, 2.75) is 38.5 Å². The zero-order valence-corrected chi connectivity index (χ0v) is 14.9. The molecule has 0 spiro atoms. The molecule has 6 unspecified atom stereocenters. The molecule has 2 amide bonds. The molecule has 0 aromatic rings. The molecule has 0 aromatic carbocycles. The SMILES string of the molecule is O=C(CCC(=O)N/N=C/C1CC2C=CC1C2)N/N=C/C1CC2C=CC1C2. The summed E-state index contributed by atoms with van der Waals surface area (Å²) in [6.45, 7) is 0. The smallest absolute Gasteiger partial charge is 0.240 e. The topological polar surface area (TPSA) is 82.9 Å². The Morgan fingerprint density at radius 3 is 1.58 bits per heavy atom. The molecule has 6 heteroatoms. The summed E-state index contributed by atoms with van der Waals surface area (Å²) in [5.41, 5.74) is 5.05. The Balaban J connectivity index is 1.10. The van der Waals surface area contributed by atoms with Crippen LogP contribution in [-0.4, -0.2) is 24.2 Å². The lowest BCUT2D eigenvalue weighted by Gasteiger charge is -2.12. The summed E-state index contributed by atoms with van der Waals surface area (Å²) in [4.78, 5) is 23.6. The van der Waals surface area contributed by atoms with Gasteiger partial charge in [-0.3, -0.25) is 9.59 Å². The van der Waals surface area contributed by atoms with Gasteiger partial charge in [0, 0.05) is 37.1 Å². The molecule has 6 atom stereocenters. The summed E-state index contributed by atoms with van der Waals surface area (Å²) in [6.07, 6.45) is 17.7. The van der Waals surface area contributed by atoms with Crippen LogP contribution in [-0.2, 0) is 9.59 Å². The second kappa shape index (κ2) is 7.56. The van der Waals surface area contributed by atoms with Gasteiger partial charge in [-0.15, -0.1) is 0 Å². The van der Waals surface area contributed by atoms with Gasteiger partial charge in [0.2, 0.25) is 11.8 Å². The van der Waals surface area contributed by atoms with E-state index in [1.54, 1.807) is 0 Å². The van der Waals surface area contributed by atoms with Gasteiger partial charge in [-0.05, 0) is 49.4 Å². The van der Waals surface area contributed by atoms with Gasteiger partial charge in [0.25, 0.3) is 0 Å². The standard InChI is InChI=1S/C20H26N4O2/c25-19(23-21-11-17-9-13-1-3-15(17)7-13)5-6-20(26)24-22-12-18-10-14-2-4-16(18)8-14/h1-4,11-18H,5-10H2,(H,23,25)(H,24,26)/b21-11+,22-12+. The van der Waals surface area contributed by atoms with E-state index in [0.717, 1.165) is 12.8 Å². The Kier molecular flexibility index (Phi) is 5.00. The average Bonchev–Trinajstić information content (AvgIpc) is 3.41. The van der Waals surface area contributed by atoms with Crippen LogP contribution in [0.5, 0.6) is 0 Å². The van der Waals surface area contributed by atoms with E-state index in [9.17, 15) is 9.59 Å². The lowest BCUT2D eigenvalue weighted by atomic mass is 9.95. The van der Waals surface area contributed by atoms with E-state index in [2.05, 4.69) is 45.4 Å². The molecule has 2 N–H and O–H groups in total. The number of carbonyl (C=O) groups is 2. The number of nitrogens with zero attached hydrogens (tertiary/aromatic N) is 2. The van der Waals surface area contributed by atoms with Crippen molar-refractivity contribution in [2.75, 3.05) is 0 Å². The quantitative estimate of drug-likeness (QED) is 0.418. The lowest BCUT2D eigenvalue weighted by molar-refractivity contribution is -0.126. The Bertz CT molecular complexity index is 623. The van der Waals surface area contributed by atoms with Crippen molar-refractivity contribution in [3.05, 3.63) is 24.3 Å². The van der Waals surface area contributed by atoms with E-state index < -0.39 is 0 Å². The first kappa shape index (κ1) is 17.2. The van der Waals surface area contributed by atoms with E-state index in [-0.39, 0.29) is 24.7 Å². The van der Waals surface area contributed by atoms with Gasteiger partial charge in [-0.2, -0.15) is 10.2 Å². The summed E-state index contributed by atoms with van der Waals surface area (Å²) in [7, 11) is 0. The third kappa shape index (κ3) is 3.94. The van der Waals surface area contributed by atoms with Crippen LogP contribution in [0.25, 0.3) is 0 Å². The van der Waals surface area contributed by atoms with Crippen LogP contribution in [0, 0.1) is 35.5 Å². The first-order valence-electron chi connectivity index (χ1n) is 9.68. The molecule has 26 heavy (non-hydrogen) atoms. The maximum absolute atomic E-state index is 11.8.